The summed E-state index contributed by atoms with van der Waals surface area (Å²) in [6, 6.07) is 0. The molecule has 1 rings (SSSR count). The Morgan fingerprint density at radius 3 is 2.82 bits per heavy atom. The van der Waals surface area contributed by atoms with E-state index in [1.165, 1.54) is 19.3 Å². The molecule has 4 nitrogen and oxygen atoms in total. The maximum Gasteiger partial charge on any atom is 0.222 e. The zero-order chi connectivity index (χ0) is 12.5. The van der Waals surface area contributed by atoms with Crippen LogP contribution >= 0.6 is 0 Å². The predicted molar refractivity (Wildman–Crippen MR) is 66.8 cm³/mol. The van der Waals surface area contributed by atoms with E-state index in [-0.39, 0.29) is 18.6 Å². The SMILES string of the molecule is CCCCCCCC(=O)N1CCOC(CO)C1. The van der Waals surface area contributed by atoms with E-state index in [1.54, 1.807) is 0 Å². The number of carbonyl (C=O) groups is 1. The van der Waals surface area contributed by atoms with Crippen molar-refractivity contribution in [3.63, 3.8) is 0 Å². The zero-order valence-corrected chi connectivity index (χ0v) is 10.9. The van der Waals surface area contributed by atoms with E-state index in [2.05, 4.69) is 6.92 Å². The minimum absolute atomic E-state index is 0.000278. The van der Waals surface area contributed by atoms with Gasteiger partial charge in [-0.15, -0.1) is 0 Å². The van der Waals surface area contributed by atoms with Crippen LogP contribution in [0.25, 0.3) is 0 Å². The van der Waals surface area contributed by atoms with Crippen LogP contribution in [-0.2, 0) is 9.53 Å². The number of aliphatic hydroxyl groups excluding tert-OH is 1. The number of hydrogen-bond acceptors (Lipinski definition) is 3. The fraction of sp³-hybridized carbons (Fsp3) is 0.923. The monoisotopic (exact) mass is 243 g/mol. The molecule has 1 aliphatic heterocycles. The molecule has 0 saturated carbocycles. The van der Waals surface area contributed by atoms with E-state index in [9.17, 15) is 4.79 Å². The Kier molecular flexibility index (Phi) is 7.21. The van der Waals surface area contributed by atoms with Crippen molar-refractivity contribution in [2.24, 2.45) is 0 Å². The van der Waals surface area contributed by atoms with Gasteiger partial charge in [-0.2, -0.15) is 0 Å². The molecule has 1 saturated heterocycles. The lowest BCUT2D eigenvalue weighted by Crippen LogP contribution is -2.46. The Hall–Kier alpha value is -0.610. The van der Waals surface area contributed by atoms with Crippen LogP contribution in [0.2, 0.25) is 0 Å². The van der Waals surface area contributed by atoms with E-state index < -0.39 is 0 Å². The van der Waals surface area contributed by atoms with Crippen LogP contribution in [0.3, 0.4) is 0 Å². The lowest BCUT2D eigenvalue weighted by Gasteiger charge is -2.32. The summed E-state index contributed by atoms with van der Waals surface area (Å²) in [4.78, 5) is 13.7. The molecule has 100 valence electrons. The van der Waals surface area contributed by atoms with Crippen molar-refractivity contribution in [2.45, 2.75) is 51.6 Å². The van der Waals surface area contributed by atoms with Gasteiger partial charge in [0.25, 0.3) is 0 Å². The maximum absolute atomic E-state index is 11.9. The van der Waals surface area contributed by atoms with Gasteiger partial charge in [0, 0.05) is 19.5 Å². The molecule has 1 atom stereocenters. The van der Waals surface area contributed by atoms with E-state index in [0.717, 1.165) is 12.8 Å². The minimum atomic E-state index is -0.187. The van der Waals surface area contributed by atoms with Gasteiger partial charge in [0.15, 0.2) is 0 Å². The first-order chi connectivity index (χ1) is 8.27. The lowest BCUT2D eigenvalue weighted by molar-refractivity contribution is -0.140. The molecule has 0 radical (unpaired) electrons. The van der Waals surface area contributed by atoms with Crippen molar-refractivity contribution in [2.75, 3.05) is 26.3 Å². The third-order valence-corrected chi connectivity index (χ3v) is 3.19. The molecule has 0 aromatic rings. The number of morpholine rings is 1. The molecule has 1 N–H and O–H groups in total. The third kappa shape index (κ3) is 5.50. The van der Waals surface area contributed by atoms with Crippen molar-refractivity contribution in [1.82, 2.24) is 4.90 Å². The van der Waals surface area contributed by atoms with Crippen LogP contribution in [0.1, 0.15) is 45.4 Å². The van der Waals surface area contributed by atoms with E-state index in [4.69, 9.17) is 9.84 Å². The van der Waals surface area contributed by atoms with Gasteiger partial charge < -0.3 is 14.7 Å². The fourth-order valence-corrected chi connectivity index (χ4v) is 2.09. The second-order valence-corrected chi connectivity index (χ2v) is 4.68. The van der Waals surface area contributed by atoms with Crippen molar-refractivity contribution in [3.05, 3.63) is 0 Å². The molecular weight excluding hydrogens is 218 g/mol. The Bertz CT molecular complexity index is 221. The average molecular weight is 243 g/mol. The molecule has 0 aromatic heterocycles. The first-order valence-electron chi connectivity index (χ1n) is 6.78. The number of amides is 1. The molecule has 0 spiro atoms. The topological polar surface area (TPSA) is 49.8 Å². The summed E-state index contributed by atoms with van der Waals surface area (Å²) in [6.07, 6.45) is 6.31. The standard InChI is InChI=1S/C13H25NO3/c1-2-3-4-5-6-7-13(16)14-8-9-17-12(10-14)11-15/h12,15H,2-11H2,1H3. The van der Waals surface area contributed by atoms with Crippen LogP contribution in [0, 0.1) is 0 Å². The molecule has 1 aliphatic rings. The Morgan fingerprint density at radius 1 is 1.35 bits per heavy atom. The van der Waals surface area contributed by atoms with Crippen molar-refractivity contribution in [3.8, 4) is 0 Å². The molecule has 0 aromatic carbocycles. The Morgan fingerprint density at radius 2 is 2.12 bits per heavy atom. The maximum atomic E-state index is 11.9. The van der Waals surface area contributed by atoms with Crippen LogP contribution < -0.4 is 0 Å². The number of nitrogens with zero attached hydrogens (tertiary/aromatic N) is 1. The highest BCUT2D eigenvalue weighted by atomic mass is 16.5. The number of aliphatic hydroxyl groups is 1. The number of rotatable bonds is 7. The summed E-state index contributed by atoms with van der Waals surface area (Å²) in [5.74, 6) is 0.211. The van der Waals surface area contributed by atoms with E-state index >= 15 is 0 Å². The number of carbonyl (C=O) groups excluding carboxylic acids is 1. The number of unbranched alkanes of at least 4 members (excludes halogenated alkanes) is 4. The molecule has 1 fully saturated rings. The van der Waals surface area contributed by atoms with Crippen LogP contribution in [0.15, 0.2) is 0 Å². The highest BCUT2D eigenvalue weighted by Crippen LogP contribution is 2.10. The summed E-state index contributed by atoms with van der Waals surface area (Å²) in [6.45, 7) is 3.95. The van der Waals surface area contributed by atoms with Crippen molar-refractivity contribution >= 4 is 5.91 Å². The van der Waals surface area contributed by atoms with Gasteiger partial charge in [-0.3, -0.25) is 4.79 Å². The molecule has 1 unspecified atom stereocenters. The summed E-state index contributed by atoms with van der Waals surface area (Å²) in [5.41, 5.74) is 0. The predicted octanol–water partition coefficient (Wildman–Crippen LogP) is 1.57. The minimum Gasteiger partial charge on any atom is -0.394 e. The van der Waals surface area contributed by atoms with E-state index in [0.29, 0.717) is 26.1 Å². The van der Waals surface area contributed by atoms with Crippen molar-refractivity contribution in [1.29, 1.82) is 0 Å². The molecular formula is C13H25NO3. The van der Waals surface area contributed by atoms with Gasteiger partial charge >= 0.3 is 0 Å². The molecule has 0 aliphatic carbocycles. The van der Waals surface area contributed by atoms with Gasteiger partial charge in [0.2, 0.25) is 5.91 Å². The van der Waals surface area contributed by atoms with Crippen LogP contribution in [-0.4, -0.2) is 48.3 Å². The van der Waals surface area contributed by atoms with Gasteiger partial charge in [-0.05, 0) is 6.42 Å². The summed E-state index contributed by atoms with van der Waals surface area (Å²) >= 11 is 0. The fourth-order valence-electron chi connectivity index (χ4n) is 2.09. The Labute approximate surface area is 104 Å². The second kappa shape index (κ2) is 8.48. The smallest absolute Gasteiger partial charge is 0.222 e. The lowest BCUT2D eigenvalue weighted by atomic mass is 10.1. The molecule has 1 heterocycles. The highest BCUT2D eigenvalue weighted by Gasteiger charge is 2.22. The molecule has 0 bridgehead atoms. The van der Waals surface area contributed by atoms with Crippen molar-refractivity contribution < 1.29 is 14.6 Å². The van der Waals surface area contributed by atoms with Gasteiger partial charge in [0.1, 0.15) is 0 Å². The first-order valence-corrected chi connectivity index (χ1v) is 6.78. The van der Waals surface area contributed by atoms with Gasteiger partial charge in [-0.1, -0.05) is 32.6 Å². The number of hydrogen-bond donors (Lipinski definition) is 1. The van der Waals surface area contributed by atoms with E-state index in [1.807, 2.05) is 4.90 Å². The van der Waals surface area contributed by atoms with Gasteiger partial charge in [-0.25, -0.2) is 0 Å². The molecule has 1 amide bonds. The highest BCUT2D eigenvalue weighted by molar-refractivity contribution is 5.76. The molecule has 4 heteroatoms. The normalized spacial score (nSPS) is 20.6. The first kappa shape index (κ1) is 14.5. The van der Waals surface area contributed by atoms with Crippen LogP contribution in [0.4, 0.5) is 0 Å². The second-order valence-electron chi connectivity index (χ2n) is 4.68. The number of ether oxygens (including phenoxy) is 1. The van der Waals surface area contributed by atoms with Crippen LogP contribution in [0.5, 0.6) is 0 Å². The van der Waals surface area contributed by atoms with Gasteiger partial charge in [0.05, 0.1) is 19.3 Å². The quantitative estimate of drug-likeness (QED) is 0.690. The largest absolute Gasteiger partial charge is 0.394 e. The average Bonchev–Trinajstić information content (AvgIpc) is 2.38. The third-order valence-electron chi connectivity index (χ3n) is 3.19. The summed E-state index contributed by atoms with van der Waals surface area (Å²) < 4.78 is 5.32. The zero-order valence-electron chi connectivity index (χ0n) is 10.9. The molecule has 17 heavy (non-hydrogen) atoms. The summed E-state index contributed by atoms with van der Waals surface area (Å²) in [7, 11) is 0. The summed E-state index contributed by atoms with van der Waals surface area (Å²) in [5, 5.41) is 9.00. The Balaban J connectivity index is 2.14.